The zero-order valence-corrected chi connectivity index (χ0v) is 11.2. The fourth-order valence-corrected chi connectivity index (χ4v) is 3.24. The van der Waals surface area contributed by atoms with Gasteiger partial charge in [-0.1, -0.05) is 0 Å². The van der Waals surface area contributed by atoms with Crippen LogP contribution < -0.4 is 5.32 Å². The molecule has 1 N–H and O–H groups in total. The van der Waals surface area contributed by atoms with E-state index in [1.54, 1.807) is 7.11 Å². The molecule has 0 aliphatic carbocycles. The molecular formula is C12H21N3OS. The number of rotatable bonds is 6. The molecule has 0 bridgehead atoms. The Labute approximate surface area is 107 Å². The zero-order chi connectivity index (χ0) is 11.9. The van der Waals surface area contributed by atoms with Crippen molar-refractivity contribution in [3.63, 3.8) is 0 Å². The van der Waals surface area contributed by atoms with E-state index < -0.39 is 0 Å². The molecule has 1 aliphatic heterocycles. The summed E-state index contributed by atoms with van der Waals surface area (Å²) in [5, 5.41) is 3.39. The van der Waals surface area contributed by atoms with Crippen LogP contribution >= 0.6 is 11.8 Å². The monoisotopic (exact) mass is 255 g/mol. The minimum Gasteiger partial charge on any atom is -0.385 e. The SMILES string of the molecule is COCCCNc1nccn1C1CCCSC1. The van der Waals surface area contributed by atoms with Gasteiger partial charge >= 0.3 is 0 Å². The van der Waals surface area contributed by atoms with Crippen molar-refractivity contribution < 1.29 is 4.74 Å². The Morgan fingerprint density at radius 1 is 1.65 bits per heavy atom. The van der Waals surface area contributed by atoms with Gasteiger partial charge in [-0.2, -0.15) is 11.8 Å². The number of hydrogen-bond acceptors (Lipinski definition) is 4. The van der Waals surface area contributed by atoms with E-state index in [0.717, 1.165) is 25.5 Å². The molecule has 0 amide bonds. The van der Waals surface area contributed by atoms with Gasteiger partial charge in [0.15, 0.2) is 0 Å². The quantitative estimate of drug-likeness (QED) is 0.792. The van der Waals surface area contributed by atoms with Gasteiger partial charge < -0.3 is 14.6 Å². The second-order valence-corrected chi connectivity index (χ2v) is 5.45. The highest BCUT2D eigenvalue weighted by molar-refractivity contribution is 7.99. The lowest BCUT2D eigenvalue weighted by Crippen LogP contribution is -2.18. The molecule has 1 aromatic rings. The maximum atomic E-state index is 5.04. The summed E-state index contributed by atoms with van der Waals surface area (Å²) >= 11 is 2.05. The average molecular weight is 255 g/mol. The molecule has 1 atom stereocenters. The molecule has 17 heavy (non-hydrogen) atoms. The Kier molecular flexibility index (Phi) is 5.19. The Hall–Kier alpha value is -0.680. The smallest absolute Gasteiger partial charge is 0.203 e. The lowest BCUT2D eigenvalue weighted by atomic mass is 10.2. The molecule has 1 aliphatic rings. The number of ether oxygens (including phenoxy) is 1. The molecule has 4 nitrogen and oxygen atoms in total. The molecule has 2 heterocycles. The summed E-state index contributed by atoms with van der Waals surface area (Å²) < 4.78 is 7.33. The highest BCUT2D eigenvalue weighted by atomic mass is 32.2. The number of nitrogens with one attached hydrogen (secondary N) is 1. The van der Waals surface area contributed by atoms with Gasteiger partial charge in [0.1, 0.15) is 0 Å². The van der Waals surface area contributed by atoms with Gasteiger partial charge in [-0.05, 0) is 25.0 Å². The first-order valence-electron chi connectivity index (χ1n) is 6.25. The molecule has 96 valence electrons. The standard InChI is InChI=1S/C12H21N3OS/c1-16-8-3-5-13-12-14-6-7-15(12)11-4-2-9-17-10-11/h6-7,11H,2-5,8-10H2,1H3,(H,13,14). The van der Waals surface area contributed by atoms with Crippen LogP contribution in [0.4, 0.5) is 5.95 Å². The molecule has 0 spiro atoms. The second-order valence-electron chi connectivity index (χ2n) is 4.30. The van der Waals surface area contributed by atoms with Crippen LogP contribution in [0, 0.1) is 0 Å². The van der Waals surface area contributed by atoms with Crippen molar-refractivity contribution in [2.75, 3.05) is 37.1 Å². The Morgan fingerprint density at radius 3 is 3.35 bits per heavy atom. The van der Waals surface area contributed by atoms with Crippen molar-refractivity contribution in [2.24, 2.45) is 0 Å². The molecule has 1 aromatic heterocycles. The third kappa shape index (κ3) is 3.64. The van der Waals surface area contributed by atoms with E-state index in [1.165, 1.54) is 24.3 Å². The highest BCUT2D eigenvalue weighted by Gasteiger charge is 2.17. The molecule has 1 saturated heterocycles. The number of hydrogen-bond donors (Lipinski definition) is 1. The van der Waals surface area contributed by atoms with Crippen molar-refractivity contribution in [1.29, 1.82) is 0 Å². The Balaban J connectivity index is 1.87. The van der Waals surface area contributed by atoms with Crippen molar-refractivity contribution in [3.8, 4) is 0 Å². The van der Waals surface area contributed by atoms with Crippen LogP contribution in [0.5, 0.6) is 0 Å². The van der Waals surface area contributed by atoms with Crippen LogP contribution in [-0.2, 0) is 4.74 Å². The van der Waals surface area contributed by atoms with Crippen molar-refractivity contribution in [1.82, 2.24) is 9.55 Å². The van der Waals surface area contributed by atoms with E-state index >= 15 is 0 Å². The van der Waals surface area contributed by atoms with Crippen LogP contribution in [0.3, 0.4) is 0 Å². The summed E-state index contributed by atoms with van der Waals surface area (Å²) in [6.45, 7) is 1.72. The molecule has 5 heteroatoms. The topological polar surface area (TPSA) is 39.1 Å². The fourth-order valence-electron chi connectivity index (χ4n) is 2.10. The van der Waals surface area contributed by atoms with Gasteiger partial charge in [-0.25, -0.2) is 4.98 Å². The van der Waals surface area contributed by atoms with E-state index in [0.29, 0.717) is 6.04 Å². The van der Waals surface area contributed by atoms with Gasteiger partial charge in [0.05, 0.1) is 0 Å². The van der Waals surface area contributed by atoms with Crippen molar-refractivity contribution in [3.05, 3.63) is 12.4 Å². The van der Waals surface area contributed by atoms with Crippen molar-refractivity contribution in [2.45, 2.75) is 25.3 Å². The van der Waals surface area contributed by atoms with E-state index in [2.05, 4.69) is 21.1 Å². The molecule has 0 aromatic carbocycles. The second kappa shape index (κ2) is 6.91. The maximum absolute atomic E-state index is 5.04. The van der Waals surface area contributed by atoms with E-state index in [9.17, 15) is 0 Å². The Bertz CT molecular complexity index is 323. The van der Waals surface area contributed by atoms with Crippen LogP contribution in [0.25, 0.3) is 0 Å². The lowest BCUT2D eigenvalue weighted by molar-refractivity contribution is 0.197. The van der Waals surface area contributed by atoms with Gasteiger partial charge in [-0.15, -0.1) is 0 Å². The fraction of sp³-hybridized carbons (Fsp3) is 0.750. The first-order valence-corrected chi connectivity index (χ1v) is 7.40. The summed E-state index contributed by atoms with van der Waals surface area (Å²) in [5.74, 6) is 3.53. The summed E-state index contributed by atoms with van der Waals surface area (Å²) in [6, 6.07) is 0.612. The van der Waals surface area contributed by atoms with E-state index in [-0.39, 0.29) is 0 Å². The van der Waals surface area contributed by atoms with Crippen LogP contribution in [-0.4, -0.2) is 41.3 Å². The molecule has 2 rings (SSSR count). The first-order chi connectivity index (χ1) is 8.42. The number of anilines is 1. The molecule has 0 radical (unpaired) electrons. The number of methoxy groups -OCH3 is 1. The molecular weight excluding hydrogens is 234 g/mol. The molecule has 1 unspecified atom stereocenters. The number of nitrogens with zero attached hydrogens (tertiary/aromatic N) is 2. The number of imidazole rings is 1. The normalized spacial score (nSPS) is 20.4. The van der Waals surface area contributed by atoms with Gasteiger partial charge in [0, 0.05) is 44.4 Å². The summed E-state index contributed by atoms with van der Waals surface area (Å²) in [7, 11) is 1.74. The first kappa shape index (κ1) is 12.8. The number of thioether (sulfide) groups is 1. The third-order valence-corrected chi connectivity index (χ3v) is 4.20. The van der Waals surface area contributed by atoms with Crippen molar-refractivity contribution >= 4 is 17.7 Å². The minimum absolute atomic E-state index is 0.612. The zero-order valence-electron chi connectivity index (χ0n) is 10.4. The minimum atomic E-state index is 0.612. The van der Waals surface area contributed by atoms with E-state index in [4.69, 9.17) is 4.74 Å². The van der Waals surface area contributed by atoms with E-state index in [1.807, 2.05) is 18.0 Å². The lowest BCUT2D eigenvalue weighted by Gasteiger charge is -2.24. The van der Waals surface area contributed by atoms with Gasteiger partial charge in [0.25, 0.3) is 0 Å². The summed E-state index contributed by atoms with van der Waals surface area (Å²) in [5.41, 5.74) is 0. The highest BCUT2D eigenvalue weighted by Crippen LogP contribution is 2.28. The van der Waals surface area contributed by atoms with Gasteiger partial charge in [-0.3, -0.25) is 0 Å². The third-order valence-electron chi connectivity index (χ3n) is 3.01. The largest absolute Gasteiger partial charge is 0.385 e. The summed E-state index contributed by atoms with van der Waals surface area (Å²) in [4.78, 5) is 4.39. The van der Waals surface area contributed by atoms with Crippen LogP contribution in [0.15, 0.2) is 12.4 Å². The predicted octanol–water partition coefficient (Wildman–Crippen LogP) is 2.40. The van der Waals surface area contributed by atoms with Crippen LogP contribution in [0.2, 0.25) is 0 Å². The number of aromatic nitrogens is 2. The molecule has 0 saturated carbocycles. The van der Waals surface area contributed by atoms with Crippen LogP contribution in [0.1, 0.15) is 25.3 Å². The predicted molar refractivity (Wildman–Crippen MR) is 72.8 cm³/mol. The Morgan fingerprint density at radius 2 is 2.59 bits per heavy atom. The average Bonchev–Trinajstić information content (AvgIpc) is 2.84. The van der Waals surface area contributed by atoms with Gasteiger partial charge in [0.2, 0.25) is 5.95 Å². The molecule has 1 fully saturated rings. The summed E-state index contributed by atoms with van der Waals surface area (Å²) in [6.07, 6.45) is 7.59. The maximum Gasteiger partial charge on any atom is 0.203 e.